The number of carbonyl (C=O) groups excluding carboxylic acids is 1. The molecule has 2 aromatic rings. The molecule has 0 aliphatic carbocycles. The lowest BCUT2D eigenvalue weighted by Gasteiger charge is -2.12. The fraction of sp³-hybridized carbons (Fsp3) is 0.350. The van der Waals surface area contributed by atoms with E-state index in [4.69, 9.17) is 8.92 Å². The van der Waals surface area contributed by atoms with Crippen molar-refractivity contribution >= 4 is 15.9 Å². The molecular formula is C20H24O5S. The van der Waals surface area contributed by atoms with E-state index in [1.165, 1.54) is 0 Å². The Morgan fingerprint density at radius 2 is 1.69 bits per heavy atom. The predicted molar refractivity (Wildman–Crippen MR) is 101 cm³/mol. The van der Waals surface area contributed by atoms with Gasteiger partial charge in [-0.1, -0.05) is 43.3 Å². The van der Waals surface area contributed by atoms with Gasteiger partial charge in [-0.05, 0) is 37.0 Å². The largest absolute Gasteiger partial charge is 0.493 e. The number of rotatable bonds is 10. The van der Waals surface area contributed by atoms with E-state index in [9.17, 15) is 13.2 Å². The molecule has 2 rings (SSSR count). The third-order valence-corrected chi connectivity index (χ3v) is 4.42. The third kappa shape index (κ3) is 6.28. The number of aryl methyl sites for hydroxylation is 1. The molecular weight excluding hydrogens is 352 g/mol. The second kappa shape index (κ2) is 9.50. The fourth-order valence-electron chi connectivity index (χ4n) is 2.44. The van der Waals surface area contributed by atoms with E-state index in [1.807, 2.05) is 43.3 Å². The molecule has 0 atom stereocenters. The standard InChI is InChI=1S/C20H24O5S/c1-3-16-11-12-19(24-13-7-8-14-25-26(2,22)23)18(15-16)20(21)17-9-5-4-6-10-17/h4-6,9-12,15H,3,7-8,13-14H2,1-2H3. The first-order valence-corrected chi connectivity index (χ1v) is 10.4. The first-order valence-electron chi connectivity index (χ1n) is 8.60. The van der Waals surface area contributed by atoms with Gasteiger partial charge in [0.15, 0.2) is 5.78 Å². The molecule has 0 N–H and O–H groups in total. The molecule has 0 saturated heterocycles. The highest BCUT2D eigenvalue weighted by Crippen LogP contribution is 2.24. The molecule has 6 heteroatoms. The van der Waals surface area contributed by atoms with Gasteiger partial charge >= 0.3 is 0 Å². The van der Waals surface area contributed by atoms with Crippen molar-refractivity contribution < 1.29 is 22.1 Å². The minimum atomic E-state index is -3.41. The van der Waals surface area contributed by atoms with Crippen molar-refractivity contribution in [3.8, 4) is 5.75 Å². The van der Waals surface area contributed by atoms with E-state index in [-0.39, 0.29) is 12.4 Å². The summed E-state index contributed by atoms with van der Waals surface area (Å²) >= 11 is 0. The average molecular weight is 376 g/mol. The van der Waals surface area contributed by atoms with Crippen LogP contribution < -0.4 is 4.74 Å². The molecule has 0 aliphatic rings. The zero-order valence-corrected chi connectivity index (χ0v) is 15.9. The summed E-state index contributed by atoms with van der Waals surface area (Å²) in [6.07, 6.45) is 3.05. The summed E-state index contributed by atoms with van der Waals surface area (Å²) in [4.78, 5) is 12.8. The van der Waals surface area contributed by atoms with Crippen molar-refractivity contribution in [2.75, 3.05) is 19.5 Å². The molecule has 0 bridgehead atoms. The zero-order chi connectivity index (χ0) is 19.0. The van der Waals surface area contributed by atoms with Crippen LogP contribution in [0.3, 0.4) is 0 Å². The number of carbonyl (C=O) groups is 1. The molecule has 0 aromatic heterocycles. The van der Waals surface area contributed by atoms with Gasteiger partial charge in [0.05, 0.1) is 25.0 Å². The minimum absolute atomic E-state index is 0.0729. The maximum absolute atomic E-state index is 12.8. The molecule has 0 unspecified atom stereocenters. The highest BCUT2D eigenvalue weighted by Gasteiger charge is 2.15. The molecule has 2 aromatic carbocycles. The van der Waals surface area contributed by atoms with Crippen LogP contribution in [0.5, 0.6) is 5.75 Å². The Labute approximate surface area is 155 Å². The van der Waals surface area contributed by atoms with E-state index in [0.29, 0.717) is 36.3 Å². The first-order chi connectivity index (χ1) is 12.4. The highest BCUT2D eigenvalue weighted by molar-refractivity contribution is 7.85. The summed E-state index contributed by atoms with van der Waals surface area (Å²) in [5, 5.41) is 0. The Bertz CT molecular complexity index is 829. The molecule has 0 radical (unpaired) electrons. The summed E-state index contributed by atoms with van der Waals surface area (Å²) in [7, 11) is -3.41. The van der Waals surface area contributed by atoms with Gasteiger partial charge in [-0.2, -0.15) is 8.42 Å². The Morgan fingerprint density at radius 3 is 2.35 bits per heavy atom. The second-order valence-corrected chi connectivity index (χ2v) is 7.60. The number of benzene rings is 2. The Balaban J connectivity index is 2.03. The maximum Gasteiger partial charge on any atom is 0.264 e. The van der Waals surface area contributed by atoms with Crippen LogP contribution in [0, 0.1) is 0 Å². The third-order valence-electron chi connectivity index (χ3n) is 3.83. The van der Waals surface area contributed by atoms with Crippen LogP contribution in [0.25, 0.3) is 0 Å². The van der Waals surface area contributed by atoms with Gasteiger partial charge in [0.1, 0.15) is 5.75 Å². The molecule has 0 amide bonds. The SMILES string of the molecule is CCc1ccc(OCCCCOS(C)(=O)=O)c(C(=O)c2ccccc2)c1. The Kier molecular flexibility index (Phi) is 7.36. The second-order valence-electron chi connectivity index (χ2n) is 5.96. The number of hydrogen-bond acceptors (Lipinski definition) is 5. The average Bonchev–Trinajstić information content (AvgIpc) is 2.64. The first kappa shape index (κ1) is 20.1. The quantitative estimate of drug-likeness (QED) is 0.360. The van der Waals surface area contributed by atoms with Gasteiger partial charge in [0.25, 0.3) is 10.1 Å². The van der Waals surface area contributed by atoms with E-state index in [2.05, 4.69) is 0 Å². The summed E-state index contributed by atoms with van der Waals surface area (Å²) in [5.74, 6) is 0.469. The van der Waals surface area contributed by atoms with E-state index in [1.54, 1.807) is 12.1 Å². The Morgan fingerprint density at radius 1 is 1.00 bits per heavy atom. The summed E-state index contributed by atoms with van der Waals surface area (Å²) in [6, 6.07) is 14.7. The smallest absolute Gasteiger partial charge is 0.264 e. The summed E-state index contributed by atoms with van der Waals surface area (Å²) in [5.41, 5.74) is 2.23. The number of ketones is 1. The summed E-state index contributed by atoms with van der Waals surface area (Å²) in [6.45, 7) is 2.55. The Hall–Kier alpha value is -2.18. The van der Waals surface area contributed by atoms with E-state index < -0.39 is 10.1 Å². The highest BCUT2D eigenvalue weighted by atomic mass is 32.2. The van der Waals surface area contributed by atoms with Gasteiger partial charge in [0.2, 0.25) is 0 Å². The van der Waals surface area contributed by atoms with Crippen LogP contribution in [-0.4, -0.2) is 33.7 Å². The van der Waals surface area contributed by atoms with Crippen LogP contribution in [0.1, 0.15) is 41.3 Å². The van der Waals surface area contributed by atoms with Crippen molar-refractivity contribution in [1.82, 2.24) is 0 Å². The monoisotopic (exact) mass is 376 g/mol. The van der Waals surface area contributed by atoms with Gasteiger partial charge in [-0.15, -0.1) is 0 Å². The predicted octanol–water partition coefficient (Wildman–Crippen LogP) is 3.62. The topological polar surface area (TPSA) is 69.7 Å². The van der Waals surface area contributed by atoms with Crippen LogP contribution in [0.2, 0.25) is 0 Å². The molecule has 0 heterocycles. The van der Waals surface area contributed by atoms with Gasteiger partial charge in [0, 0.05) is 5.56 Å². The molecule has 0 fully saturated rings. The number of unbranched alkanes of at least 4 members (excludes halogenated alkanes) is 1. The van der Waals surface area contributed by atoms with Gasteiger partial charge < -0.3 is 4.74 Å². The van der Waals surface area contributed by atoms with Crippen molar-refractivity contribution in [3.05, 3.63) is 65.2 Å². The van der Waals surface area contributed by atoms with E-state index in [0.717, 1.165) is 18.2 Å². The fourth-order valence-corrected chi connectivity index (χ4v) is 2.86. The maximum atomic E-state index is 12.8. The lowest BCUT2D eigenvalue weighted by molar-refractivity contribution is 0.103. The number of hydrogen-bond donors (Lipinski definition) is 0. The zero-order valence-electron chi connectivity index (χ0n) is 15.1. The molecule has 0 spiro atoms. The van der Waals surface area contributed by atoms with Crippen LogP contribution in [-0.2, 0) is 20.7 Å². The van der Waals surface area contributed by atoms with Crippen molar-refractivity contribution in [2.24, 2.45) is 0 Å². The van der Waals surface area contributed by atoms with E-state index >= 15 is 0 Å². The van der Waals surface area contributed by atoms with Gasteiger partial charge in [-0.25, -0.2) is 0 Å². The van der Waals surface area contributed by atoms with Crippen LogP contribution in [0.15, 0.2) is 48.5 Å². The number of ether oxygens (including phenoxy) is 1. The normalized spacial score (nSPS) is 11.3. The van der Waals surface area contributed by atoms with Crippen LogP contribution in [0.4, 0.5) is 0 Å². The van der Waals surface area contributed by atoms with Gasteiger partial charge in [-0.3, -0.25) is 8.98 Å². The minimum Gasteiger partial charge on any atom is -0.493 e. The van der Waals surface area contributed by atoms with Crippen LogP contribution >= 0.6 is 0 Å². The van der Waals surface area contributed by atoms with Crippen molar-refractivity contribution in [1.29, 1.82) is 0 Å². The lowest BCUT2D eigenvalue weighted by atomic mass is 9.99. The molecule has 0 saturated carbocycles. The van der Waals surface area contributed by atoms with Crippen molar-refractivity contribution in [3.63, 3.8) is 0 Å². The molecule has 26 heavy (non-hydrogen) atoms. The van der Waals surface area contributed by atoms with Crippen molar-refractivity contribution in [2.45, 2.75) is 26.2 Å². The molecule has 140 valence electrons. The molecule has 5 nitrogen and oxygen atoms in total. The summed E-state index contributed by atoms with van der Waals surface area (Å²) < 4.78 is 32.3. The lowest BCUT2D eigenvalue weighted by Crippen LogP contribution is -2.09. The molecule has 0 aliphatic heterocycles.